The van der Waals surface area contributed by atoms with Gasteiger partial charge >= 0.3 is 5.97 Å². The molecule has 1 heterocycles. The predicted molar refractivity (Wildman–Crippen MR) is 105 cm³/mol. The van der Waals surface area contributed by atoms with E-state index in [0.717, 1.165) is 12.0 Å². The van der Waals surface area contributed by atoms with Gasteiger partial charge in [-0.2, -0.15) is 0 Å². The van der Waals surface area contributed by atoms with Gasteiger partial charge in [-0.1, -0.05) is 19.1 Å². The summed E-state index contributed by atoms with van der Waals surface area (Å²) >= 11 is 0. The van der Waals surface area contributed by atoms with Crippen molar-refractivity contribution >= 4 is 16.9 Å². The van der Waals surface area contributed by atoms with Crippen LogP contribution in [0.2, 0.25) is 0 Å². The molecule has 0 amide bonds. The Morgan fingerprint density at radius 2 is 1.96 bits per heavy atom. The van der Waals surface area contributed by atoms with E-state index < -0.39 is 12.1 Å². The Labute approximate surface area is 162 Å². The molecule has 0 fully saturated rings. The van der Waals surface area contributed by atoms with Gasteiger partial charge in [0.1, 0.15) is 23.3 Å². The molecule has 2 aromatic carbocycles. The Morgan fingerprint density at radius 3 is 2.71 bits per heavy atom. The lowest BCUT2D eigenvalue weighted by molar-refractivity contribution is -0.151. The van der Waals surface area contributed by atoms with Crippen molar-refractivity contribution in [2.45, 2.75) is 33.3 Å². The van der Waals surface area contributed by atoms with Crippen LogP contribution in [0.3, 0.4) is 0 Å². The highest BCUT2D eigenvalue weighted by atomic mass is 16.6. The minimum Gasteiger partial charge on any atom is -0.479 e. The number of hydrogen-bond acceptors (Lipinski definition) is 6. The van der Waals surface area contributed by atoms with Crippen molar-refractivity contribution < 1.29 is 23.4 Å². The highest BCUT2D eigenvalue weighted by molar-refractivity contribution is 5.79. The molecule has 0 N–H and O–H groups in total. The first-order valence-electron chi connectivity index (χ1n) is 9.11. The summed E-state index contributed by atoms with van der Waals surface area (Å²) < 4.78 is 21.9. The average molecular weight is 382 g/mol. The lowest BCUT2D eigenvalue weighted by atomic mass is 10.2. The van der Waals surface area contributed by atoms with Crippen LogP contribution in [-0.4, -0.2) is 18.7 Å². The molecule has 0 aliphatic rings. The molecule has 28 heavy (non-hydrogen) atoms. The molecule has 0 saturated carbocycles. The number of fused-ring (bicyclic) bond motifs is 1. The maximum Gasteiger partial charge on any atom is 0.347 e. The van der Waals surface area contributed by atoms with Crippen LogP contribution in [0.1, 0.15) is 25.8 Å². The van der Waals surface area contributed by atoms with Crippen LogP contribution in [-0.2, 0) is 9.53 Å². The van der Waals surface area contributed by atoms with Crippen molar-refractivity contribution in [2.75, 3.05) is 6.61 Å². The summed E-state index contributed by atoms with van der Waals surface area (Å²) in [6.45, 7) is 5.82. The summed E-state index contributed by atoms with van der Waals surface area (Å²) in [4.78, 5) is 24.5. The second kappa shape index (κ2) is 8.61. The van der Waals surface area contributed by atoms with Crippen LogP contribution in [0.4, 0.5) is 0 Å². The molecule has 0 aliphatic carbocycles. The number of carbonyl (C=O) groups is 1. The summed E-state index contributed by atoms with van der Waals surface area (Å²) in [5.74, 6) is 0.628. The van der Waals surface area contributed by atoms with E-state index in [1.165, 1.54) is 6.26 Å². The fraction of sp³-hybridized carbons (Fsp3) is 0.273. The van der Waals surface area contributed by atoms with E-state index in [-0.39, 0.29) is 11.2 Å². The van der Waals surface area contributed by atoms with Gasteiger partial charge in [-0.25, -0.2) is 4.79 Å². The molecule has 146 valence electrons. The van der Waals surface area contributed by atoms with E-state index in [1.54, 1.807) is 31.2 Å². The van der Waals surface area contributed by atoms with Gasteiger partial charge in [-0.05, 0) is 50.1 Å². The molecule has 3 aromatic rings. The van der Waals surface area contributed by atoms with Crippen LogP contribution in [0.5, 0.6) is 17.2 Å². The van der Waals surface area contributed by atoms with Crippen molar-refractivity contribution in [3.8, 4) is 17.2 Å². The smallest absolute Gasteiger partial charge is 0.347 e. The highest BCUT2D eigenvalue weighted by Gasteiger charge is 2.17. The zero-order valence-corrected chi connectivity index (χ0v) is 16.1. The molecule has 0 spiro atoms. The van der Waals surface area contributed by atoms with Crippen LogP contribution < -0.4 is 14.9 Å². The molecule has 0 aliphatic heterocycles. The molecule has 1 atom stereocenters. The summed E-state index contributed by atoms with van der Waals surface area (Å²) in [5.41, 5.74) is 1.08. The first-order valence-corrected chi connectivity index (χ1v) is 9.11. The van der Waals surface area contributed by atoms with Gasteiger partial charge in [-0.15, -0.1) is 0 Å². The minimum absolute atomic E-state index is 0.100. The fourth-order valence-electron chi connectivity index (χ4n) is 2.61. The Morgan fingerprint density at radius 1 is 1.14 bits per heavy atom. The first-order chi connectivity index (χ1) is 13.5. The van der Waals surface area contributed by atoms with Crippen LogP contribution in [0, 0.1) is 6.92 Å². The monoisotopic (exact) mass is 382 g/mol. The van der Waals surface area contributed by atoms with Crippen molar-refractivity contribution in [3.63, 3.8) is 0 Å². The maximum atomic E-state index is 12.7. The molecule has 0 bridgehead atoms. The number of rotatable bonds is 7. The molecule has 0 saturated heterocycles. The van der Waals surface area contributed by atoms with Crippen LogP contribution in [0.25, 0.3) is 11.0 Å². The summed E-state index contributed by atoms with van der Waals surface area (Å²) in [6, 6.07) is 12.2. The van der Waals surface area contributed by atoms with E-state index in [0.29, 0.717) is 29.1 Å². The largest absolute Gasteiger partial charge is 0.479 e. The van der Waals surface area contributed by atoms with E-state index >= 15 is 0 Å². The van der Waals surface area contributed by atoms with Gasteiger partial charge in [0, 0.05) is 6.07 Å². The Hall–Kier alpha value is -3.28. The third kappa shape index (κ3) is 4.52. The molecule has 3 rings (SSSR count). The topological polar surface area (TPSA) is 75.0 Å². The number of hydrogen-bond donors (Lipinski definition) is 0. The summed E-state index contributed by atoms with van der Waals surface area (Å²) in [5, 5.41) is 0.360. The van der Waals surface area contributed by atoms with E-state index in [1.807, 2.05) is 32.0 Å². The maximum absolute atomic E-state index is 12.7. The summed E-state index contributed by atoms with van der Waals surface area (Å²) in [7, 11) is 0. The van der Waals surface area contributed by atoms with E-state index in [2.05, 4.69) is 0 Å². The first kappa shape index (κ1) is 19.5. The zero-order valence-electron chi connectivity index (χ0n) is 16.1. The van der Waals surface area contributed by atoms with Crippen molar-refractivity contribution in [2.24, 2.45) is 0 Å². The molecule has 1 aromatic heterocycles. The minimum atomic E-state index is -0.764. The Kier molecular flexibility index (Phi) is 5.99. The van der Waals surface area contributed by atoms with Crippen LogP contribution in [0.15, 0.2) is 57.9 Å². The number of carbonyl (C=O) groups excluding carboxylic acids is 1. The van der Waals surface area contributed by atoms with Gasteiger partial charge < -0.3 is 18.6 Å². The molecule has 1 unspecified atom stereocenters. The van der Waals surface area contributed by atoms with Crippen molar-refractivity contribution in [3.05, 3.63) is 64.5 Å². The highest BCUT2D eigenvalue weighted by Crippen LogP contribution is 2.25. The number of ether oxygens (including phenoxy) is 3. The normalized spacial score (nSPS) is 11.8. The standard InChI is InChI=1S/C22H22O6/c1-4-10-25-22(24)15(3)27-17-8-9-18-19(12-17)26-13-20(21(18)23)28-16-7-5-6-14(2)11-16/h5-9,11-13,15H,4,10H2,1-3H3. The number of esters is 1. The van der Waals surface area contributed by atoms with Gasteiger partial charge in [0.25, 0.3) is 0 Å². The Bertz CT molecular complexity index is 1040. The SMILES string of the molecule is CCCOC(=O)C(C)Oc1ccc2c(=O)c(Oc3cccc(C)c3)coc2c1. The van der Waals surface area contributed by atoms with E-state index in [4.69, 9.17) is 18.6 Å². The molecular formula is C22H22O6. The van der Waals surface area contributed by atoms with Gasteiger partial charge in [-0.3, -0.25) is 4.79 Å². The lowest BCUT2D eigenvalue weighted by Gasteiger charge is -2.14. The van der Waals surface area contributed by atoms with Crippen molar-refractivity contribution in [1.82, 2.24) is 0 Å². The molecular weight excluding hydrogens is 360 g/mol. The average Bonchev–Trinajstić information content (AvgIpc) is 2.68. The number of benzene rings is 2. The van der Waals surface area contributed by atoms with Crippen molar-refractivity contribution in [1.29, 1.82) is 0 Å². The van der Waals surface area contributed by atoms with Gasteiger partial charge in [0.2, 0.25) is 11.2 Å². The summed E-state index contributed by atoms with van der Waals surface area (Å²) in [6.07, 6.45) is 1.25. The molecule has 6 nitrogen and oxygen atoms in total. The fourth-order valence-corrected chi connectivity index (χ4v) is 2.61. The predicted octanol–water partition coefficient (Wildman–Crippen LogP) is 4.61. The molecule has 0 radical (unpaired) electrons. The van der Waals surface area contributed by atoms with Crippen LogP contribution >= 0.6 is 0 Å². The zero-order chi connectivity index (χ0) is 20.1. The Balaban J connectivity index is 1.80. The second-order valence-electron chi connectivity index (χ2n) is 6.43. The molecule has 6 heteroatoms. The quantitative estimate of drug-likeness (QED) is 0.555. The second-order valence-corrected chi connectivity index (χ2v) is 6.43. The third-order valence-corrected chi connectivity index (χ3v) is 4.03. The lowest BCUT2D eigenvalue weighted by Crippen LogP contribution is -2.26. The third-order valence-electron chi connectivity index (χ3n) is 4.03. The van der Waals surface area contributed by atoms with Gasteiger partial charge in [0.15, 0.2) is 6.10 Å². The van der Waals surface area contributed by atoms with Gasteiger partial charge in [0.05, 0.1) is 12.0 Å². The van der Waals surface area contributed by atoms with E-state index in [9.17, 15) is 9.59 Å². The number of aryl methyl sites for hydroxylation is 1.